The van der Waals surface area contributed by atoms with Gasteiger partial charge in [0.2, 0.25) is 12.5 Å². The Morgan fingerprint density at radius 1 is 0.560 bits per heavy atom. The van der Waals surface area contributed by atoms with E-state index in [-0.39, 0.29) is 28.5 Å². The minimum atomic E-state index is -3.71. The Kier molecular flexibility index (Phi) is 9.73. The van der Waals surface area contributed by atoms with Gasteiger partial charge in [-0.3, -0.25) is 0 Å². The van der Waals surface area contributed by atoms with Crippen LogP contribution in [-0.2, 0) is 26.2 Å². The number of methoxy groups -OCH3 is 2. The second-order valence-electron chi connectivity index (χ2n) is 17.4. The van der Waals surface area contributed by atoms with Crippen molar-refractivity contribution in [2.24, 2.45) is 0 Å². The Morgan fingerprint density at radius 2 is 0.960 bits per heavy atom. The van der Waals surface area contributed by atoms with E-state index in [1.807, 2.05) is 42.5 Å². The molecule has 0 bridgehead atoms. The number of ether oxygens (including phenoxy) is 5. The normalized spacial score (nSPS) is 13.7. The summed E-state index contributed by atoms with van der Waals surface area (Å²) in [6, 6.07) is 21.7. The van der Waals surface area contributed by atoms with Crippen LogP contribution < -0.4 is 39.6 Å². The fourth-order valence-corrected chi connectivity index (χ4v) is 9.28. The Labute approximate surface area is 299 Å². The average molecular weight is 699 g/mol. The molecule has 4 aromatic rings. The van der Waals surface area contributed by atoms with Gasteiger partial charge in [0.05, 0.1) is 14.2 Å². The molecule has 4 aromatic carbocycles. The highest BCUT2D eigenvalue weighted by molar-refractivity contribution is 7.85. The Balaban J connectivity index is 1.98. The molecule has 0 saturated heterocycles. The van der Waals surface area contributed by atoms with E-state index in [2.05, 4.69) is 107 Å². The fraction of sp³-hybridized carbons (Fsp3) is 0.442. The van der Waals surface area contributed by atoms with Crippen LogP contribution >= 0.6 is 7.14 Å². The zero-order valence-electron chi connectivity index (χ0n) is 32.5. The van der Waals surface area contributed by atoms with E-state index < -0.39 is 7.14 Å². The van der Waals surface area contributed by atoms with E-state index in [0.29, 0.717) is 38.9 Å². The highest BCUT2D eigenvalue weighted by Crippen LogP contribution is 2.53. The molecule has 1 heterocycles. The number of hydrogen-bond donors (Lipinski definition) is 0. The lowest BCUT2D eigenvalue weighted by Crippen LogP contribution is -2.31. The molecule has 0 spiro atoms. The van der Waals surface area contributed by atoms with Gasteiger partial charge >= 0.3 is 0 Å². The summed E-state index contributed by atoms with van der Waals surface area (Å²) >= 11 is 0. The van der Waals surface area contributed by atoms with E-state index >= 15 is 4.57 Å². The van der Waals surface area contributed by atoms with Gasteiger partial charge in [0, 0.05) is 38.2 Å². The minimum Gasteiger partial charge on any atom is -0.496 e. The van der Waals surface area contributed by atoms with Crippen LogP contribution in [0, 0.1) is 0 Å². The SMILES string of the molecule is COc1c(C(C)(C)C)cc(P(=O)(c2cc3c(c(Oc4ccccc4)c2)OCO3)c2cc(C(C)(C)C)c(OC)c(C(C)(C)C)c2)cc1C(C)(C)C. The molecule has 1 aliphatic rings. The van der Waals surface area contributed by atoms with Crippen molar-refractivity contribution in [3.8, 4) is 34.5 Å². The van der Waals surface area contributed by atoms with E-state index in [0.717, 1.165) is 33.8 Å². The quantitative estimate of drug-likeness (QED) is 0.179. The second-order valence-corrected chi connectivity index (χ2v) is 20.1. The first-order chi connectivity index (χ1) is 23.1. The third-order valence-electron chi connectivity index (χ3n) is 9.27. The summed E-state index contributed by atoms with van der Waals surface area (Å²) in [5.74, 6) is 3.71. The highest BCUT2D eigenvalue weighted by atomic mass is 31.2. The van der Waals surface area contributed by atoms with Crippen molar-refractivity contribution in [3.63, 3.8) is 0 Å². The van der Waals surface area contributed by atoms with E-state index in [9.17, 15) is 0 Å². The summed E-state index contributed by atoms with van der Waals surface area (Å²) in [5.41, 5.74) is 2.72. The van der Waals surface area contributed by atoms with E-state index in [1.54, 1.807) is 14.2 Å². The number of benzene rings is 4. The maximum Gasteiger partial charge on any atom is 0.231 e. The standard InChI is InChI=1S/C43H55O6P/c1-40(2,3)31-20-28(21-32(37(31)45-13)41(4,5)6)50(44,29-22-33(42(7,8)9)38(46-14)34(23-29)43(10,11)12)30-24-35-39(48-26-47-35)36(25-30)49-27-18-16-15-17-19-27/h15-25H,26H2,1-14H3. The molecule has 268 valence electrons. The van der Waals surface area contributed by atoms with Crippen LogP contribution in [0.15, 0.2) is 66.7 Å². The average Bonchev–Trinajstić information content (AvgIpc) is 3.51. The molecule has 0 atom stereocenters. The molecular weight excluding hydrogens is 643 g/mol. The summed E-state index contributed by atoms with van der Waals surface area (Å²) < 4.78 is 47.6. The molecule has 1 aliphatic heterocycles. The monoisotopic (exact) mass is 698 g/mol. The molecule has 7 heteroatoms. The first-order valence-corrected chi connectivity index (χ1v) is 19.1. The molecule has 0 fully saturated rings. The van der Waals surface area contributed by atoms with Gasteiger partial charge in [-0.25, -0.2) is 0 Å². The van der Waals surface area contributed by atoms with Crippen molar-refractivity contribution in [3.05, 3.63) is 89.0 Å². The van der Waals surface area contributed by atoms with Crippen LogP contribution in [0.25, 0.3) is 0 Å². The molecule has 0 amide bonds. The van der Waals surface area contributed by atoms with Crippen molar-refractivity contribution < 1.29 is 28.2 Å². The summed E-state index contributed by atoms with van der Waals surface area (Å²) in [6.45, 7) is 26.1. The first-order valence-electron chi connectivity index (χ1n) is 17.3. The predicted octanol–water partition coefficient (Wildman–Crippen LogP) is 10.1. The maximum absolute atomic E-state index is 16.9. The second kappa shape index (κ2) is 13.0. The third-order valence-corrected chi connectivity index (χ3v) is 12.2. The largest absolute Gasteiger partial charge is 0.496 e. The predicted molar refractivity (Wildman–Crippen MR) is 206 cm³/mol. The van der Waals surface area contributed by atoms with Gasteiger partial charge in [0.25, 0.3) is 0 Å². The minimum absolute atomic E-state index is 0.0456. The number of hydrogen-bond acceptors (Lipinski definition) is 6. The van der Waals surface area contributed by atoms with Gasteiger partial charge in [-0.05, 0) is 70.2 Å². The Hall–Kier alpha value is -3.89. The zero-order valence-corrected chi connectivity index (χ0v) is 33.3. The maximum atomic E-state index is 16.9. The molecule has 50 heavy (non-hydrogen) atoms. The molecule has 0 N–H and O–H groups in total. The Bertz CT molecular complexity index is 1770. The van der Waals surface area contributed by atoms with Gasteiger partial charge in [-0.2, -0.15) is 0 Å². The van der Waals surface area contributed by atoms with Gasteiger partial charge in [-0.1, -0.05) is 101 Å². The zero-order chi connectivity index (χ0) is 37.0. The van der Waals surface area contributed by atoms with Gasteiger partial charge < -0.3 is 28.2 Å². The van der Waals surface area contributed by atoms with Crippen LogP contribution in [0.5, 0.6) is 34.5 Å². The lowest BCUT2D eigenvalue weighted by atomic mass is 9.79. The smallest absolute Gasteiger partial charge is 0.231 e. The topological polar surface area (TPSA) is 63.2 Å². The van der Waals surface area contributed by atoms with Crippen LogP contribution in [0.3, 0.4) is 0 Å². The summed E-state index contributed by atoms with van der Waals surface area (Å²) in [4.78, 5) is 0. The van der Waals surface area contributed by atoms with Crippen LogP contribution in [0.4, 0.5) is 0 Å². The summed E-state index contributed by atoms with van der Waals surface area (Å²) in [6.07, 6.45) is 0. The molecule has 6 nitrogen and oxygen atoms in total. The lowest BCUT2D eigenvalue weighted by molar-refractivity contribution is 0.172. The number of rotatable bonds is 7. The van der Waals surface area contributed by atoms with Crippen LogP contribution in [-0.4, -0.2) is 21.0 Å². The number of para-hydroxylation sites is 1. The summed E-state index contributed by atoms with van der Waals surface area (Å²) in [7, 11) is -0.272. The molecule has 0 radical (unpaired) electrons. The van der Waals surface area contributed by atoms with Crippen molar-refractivity contribution in [2.75, 3.05) is 21.0 Å². The third kappa shape index (κ3) is 7.01. The molecule has 0 aliphatic carbocycles. The lowest BCUT2D eigenvalue weighted by Gasteiger charge is -2.34. The van der Waals surface area contributed by atoms with Gasteiger partial charge in [-0.15, -0.1) is 0 Å². The molecular formula is C43H55O6P. The van der Waals surface area contributed by atoms with Gasteiger partial charge in [0.1, 0.15) is 17.2 Å². The number of fused-ring (bicyclic) bond motifs is 1. The molecule has 0 aromatic heterocycles. The van der Waals surface area contributed by atoms with Crippen molar-refractivity contribution in [1.82, 2.24) is 0 Å². The molecule has 0 unspecified atom stereocenters. The van der Waals surface area contributed by atoms with Crippen LogP contribution in [0.1, 0.15) is 105 Å². The van der Waals surface area contributed by atoms with Crippen molar-refractivity contribution in [1.29, 1.82) is 0 Å². The van der Waals surface area contributed by atoms with Gasteiger partial charge in [0.15, 0.2) is 18.6 Å². The fourth-order valence-electron chi connectivity index (χ4n) is 6.54. The van der Waals surface area contributed by atoms with Crippen LogP contribution in [0.2, 0.25) is 0 Å². The van der Waals surface area contributed by atoms with Crippen molar-refractivity contribution in [2.45, 2.75) is 105 Å². The summed E-state index contributed by atoms with van der Waals surface area (Å²) in [5, 5.41) is 2.01. The molecule has 0 saturated carbocycles. The Morgan fingerprint density at radius 3 is 1.34 bits per heavy atom. The van der Waals surface area contributed by atoms with E-state index in [1.165, 1.54) is 0 Å². The highest BCUT2D eigenvalue weighted by Gasteiger charge is 2.40. The first kappa shape index (κ1) is 37.4. The van der Waals surface area contributed by atoms with E-state index in [4.69, 9.17) is 23.7 Å². The van der Waals surface area contributed by atoms with Crippen molar-refractivity contribution >= 4 is 23.1 Å². The molecule has 5 rings (SSSR count).